The van der Waals surface area contributed by atoms with E-state index in [0.717, 1.165) is 32.7 Å². The molecule has 5 heteroatoms. The van der Waals surface area contributed by atoms with E-state index in [0.29, 0.717) is 16.3 Å². The van der Waals surface area contributed by atoms with Crippen molar-refractivity contribution in [3.05, 3.63) is 28.8 Å². The van der Waals surface area contributed by atoms with Crippen LogP contribution in [0.15, 0.2) is 18.2 Å². The van der Waals surface area contributed by atoms with Gasteiger partial charge >= 0.3 is 0 Å². The molecule has 0 spiro atoms. The zero-order chi connectivity index (χ0) is 14.5. The number of methoxy groups -OCH3 is 1. The maximum atomic E-state index is 12.5. The standard InChI is InChI=1S/C15H21ClN2O2/c1-11(10-18-7-5-17-6-8-18)15(19)13-4-3-12(20-2)9-14(13)16/h3-4,9,11,17H,5-8,10H2,1-2H3. The predicted molar refractivity (Wildman–Crippen MR) is 80.8 cm³/mol. The Bertz CT molecular complexity index is 473. The summed E-state index contributed by atoms with van der Waals surface area (Å²) in [6.07, 6.45) is 0. The average Bonchev–Trinajstić information content (AvgIpc) is 2.47. The minimum atomic E-state index is -0.0565. The van der Waals surface area contributed by atoms with Crippen molar-refractivity contribution in [3.63, 3.8) is 0 Å². The number of hydrogen-bond donors (Lipinski definition) is 1. The van der Waals surface area contributed by atoms with Crippen molar-refractivity contribution in [1.29, 1.82) is 0 Å². The van der Waals surface area contributed by atoms with Crippen molar-refractivity contribution in [2.24, 2.45) is 5.92 Å². The van der Waals surface area contributed by atoms with Gasteiger partial charge in [0.05, 0.1) is 12.1 Å². The van der Waals surface area contributed by atoms with Crippen LogP contribution in [0.1, 0.15) is 17.3 Å². The second-order valence-corrected chi connectivity index (χ2v) is 5.57. The van der Waals surface area contributed by atoms with Crippen molar-refractivity contribution in [3.8, 4) is 5.75 Å². The predicted octanol–water partition coefficient (Wildman–Crippen LogP) is 2.07. The van der Waals surface area contributed by atoms with Crippen LogP contribution in [-0.4, -0.2) is 50.5 Å². The third-order valence-electron chi connectivity index (χ3n) is 3.63. The van der Waals surface area contributed by atoms with Crippen LogP contribution in [0.2, 0.25) is 5.02 Å². The molecule has 2 rings (SSSR count). The highest BCUT2D eigenvalue weighted by molar-refractivity contribution is 6.34. The minimum Gasteiger partial charge on any atom is -0.497 e. The van der Waals surface area contributed by atoms with Gasteiger partial charge in [-0.05, 0) is 18.2 Å². The largest absolute Gasteiger partial charge is 0.497 e. The maximum absolute atomic E-state index is 12.5. The molecule has 1 saturated heterocycles. The third kappa shape index (κ3) is 3.72. The molecule has 0 aromatic heterocycles. The van der Waals surface area contributed by atoms with E-state index in [4.69, 9.17) is 16.3 Å². The van der Waals surface area contributed by atoms with Gasteiger partial charge in [0.1, 0.15) is 5.75 Å². The Kier molecular flexibility index (Phi) is 5.40. The van der Waals surface area contributed by atoms with E-state index in [-0.39, 0.29) is 11.7 Å². The Hall–Kier alpha value is -1.10. The van der Waals surface area contributed by atoms with Crippen LogP contribution in [0.25, 0.3) is 0 Å². The highest BCUT2D eigenvalue weighted by Gasteiger charge is 2.21. The smallest absolute Gasteiger partial charge is 0.168 e. The molecular weight excluding hydrogens is 276 g/mol. The van der Waals surface area contributed by atoms with E-state index in [1.165, 1.54) is 0 Å². The van der Waals surface area contributed by atoms with Crippen molar-refractivity contribution >= 4 is 17.4 Å². The molecule has 1 aliphatic rings. The molecule has 0 bridgehead atoms. The van der Waals surface area contributed by atoms with Crippen molar-refractivity contribution in [2.45, 2.75) is 6.92 Å². The quantitative estimate of drug-likeness (QED) is 0.845. The topological polar surface area (TPSA) is 41.6 Å². The molecular formula is C15H21ClN2O2. The number of hydrogen-bond acceptors (Lipinski definition) is 4. The number of halogens is 1. The third-order valence-corrected chi connectivity index (χ3v) is 3.94. The first-order chi connectivity index (χ1) is 9.61. The molecule has 0 aliphatic carbocycles. The summed E-state index contributed by atoms with van der Waals surface area (Å²) in [7, 11) is 1.58. The summed E-state index contributed by atoms with van der Waals surface area (Å²) in [6, 6.07) is 5.21. The molecule has 0 radical (unpaired) electrons. The SMILES string of the molecule is COc1ccc(C(=O)C(C)CN2CCNCC2)c(Cl)c1. The number of benzene rings is 1. The van der Waals surface area contributed by atoms with Gasteiger partial charge in [-0.15, -0.1) is 0 Å². The Morgan fingerprint density at radius 2 is 2.15 bits per heavy atom. The Labute approximate surface area is 125 Å². The molecule has 1 unspecified atom stereocenters. The summed E-state index contributed by atoms with van der Waals surface area (Å²) in [5, 5.41) is 3.77. The van der Waals surface area contributed by atoms with Crippen molar-refractivity contribution in [2.75, 3.05) is 39.8 Å². The Morgan fingerprint density at radius 3 is 2.75 bits per heavy atom. The number of ether oxygens (including phenoxy) is 1. The van der Waals surface area contributed by atoms with Crippen LogP contribution >= 0.6 is 11.6 Å². The lowest BCUT2D eigenvalue weighted by atomic mass is 9.98. The van der Waals surface area contributed by atoms with E-state index in [1.54, 1.807) is 25.3 Å². The lowest BCUT2D eigenvalue weighted by Gasteiger charge is -2.29. The fraction of sp³-hybridized carbons (Fsp3) is 0.533. The van der Waals surface area contributed by atoms with Crippen LogP contribution in [0.4, 0.5) is 0 Å². The van der Waals surface area contributed by atoms with Crippen molar-refractivity contribution < 1.29 is 9.53 Å². The first-order valence-electron chi connectivity index (χ1n) is 6.92. The van der Waals surface area contributed by atoms with Gasteiger partial charge in [0.2, 0.25) is 0 Å². The van der Waals surface area contributed by atoms with Gasteiger partial charge in [-0.3, -0.25) is 4.79 Å². The fourth-order valence-corrected chi connectivity index (χ4v) is 2.72. The molecule has 20 heavy (non-hydrogen) atoms. The maximum Gasteiger partial charge on any atom is 0.168 e. The van der Waals surface area contributed by atoms with Crippen LogP contribution in [0.5, 0.6) is 5.75 Å². The van der Waals surface area contributed by atoms with Crippen LogP contribution in [-0.2, 0) is 0 Å². The van der Waals surface area contributed by atoms with E-state index in [2.05, 4.69) is 10.2 Å². The van der Waals surface area contributed by atoms with E-state index in [1.807, 2.05) is 6.92 Å². The normalized spacial score (nSPS) is 17.8. The van der Waals surface area contributed by atoms with Gasteiger partial charge in [0.15, 0.2) is 5.78 Å². The summed E-state index contributed by atoms with van der Waals surface area (Å²) in [5.41, 5.74) is 0.579. The molecule has 1 aliphatic heterocycles. The number of Topliss-reactive ketones (excluding diaryl/α,β-unsaturated/α-hetero) is 1. The van der Waals surface area contributed by atoms with E-state index < -0.39 is 0 Å². The number of carbonyl (C=O) groups is 1. The zero-order valence-corrected chi connectivity index (χ0v) is 12.7. The average molecular weight is 297 g/mol. The van der Waals surface area contributed by atoms with Gasteiger partial charge in [-0.1, -0.05) is 18.5 Å². The summed E-state index contributed by atoms with van der Waals surface area (Å²) < 4.78 is 5.10. The molecule has 1 aromatic rings. The van der Waals surface area contributed by atoms with Gasteiger partial charge in [0, 0.05) is 44.2 Å². The second kappa shape index (κ2) is 7.07. The molecule has 110 valence electrons. The van der Waals surface area contributed by atoms with Crippen LogP contribution in [0, 0.1) is 5.92 Å². The molecule has 0 saturated carbocycles. The van der Waals surface area contributed by atoms with Gasteiger partial charge in [-0.2, -0.15) is 0 Å². The summed E-state index contributed by atoms with van der Waals surface area (Å²) in [5.74, 6) is 0.705. The second-order valence-electron chi connectivity index (χ2n) is 5.16. The summed E-state index contributed by atoms with van der Waals surface area (Å²) in [6.45, 7) is 6.71. The lowest BCUT2D eigenvalue weighted by Crippen LogP contribution is -2.45. The first kappa shape index (κ1) is 15.3. The molecule has 1 atom stereocenters. The molecule has 0 amide bonds. The number of nitrogens with one attached hydrogen (secondary N) is 1. The minimum absolute atomic E-state index is 0.0565. The highest BCUT2D eigenvalue weighted by atomic mass is 35.5. The lowest BCUT2D eigenvalue weighted by molar-refractivity contribution is 0.0887. The number of carbonyl (C=O) groups excluding carboxylic acids is 1. The molecule has 1 aromatic carbocycles. The molecule has 1 fully saturated rings. The van der Waals surface area contributed by atoms with Crippen LogP contribution in [0.3, 0.4) is 0 Å². The van der Waals surface area contributed by atoms with Gasteiger partial charge in [0.25, 0.3) is 0 Å². The van der Waals surface area contributed by atoms with E-state index >= 15 is 0 Å². The summed E-state index contributed by atoms with van der Waals surface area (Å²) >= 11 is 6.17. The first-order valence-corrected chi connectivity index (χ1v) is 7.30. The van der Waals surface area contributed by atoms with Gasteiger partial charge in [-0.25, -0.2) is 0 Å². The number of piperazine rings is 1. The van der Waals surface area contributed by atoms with Gasteiger partial charge < -0.3 is 15.0 Å². The highest BCUT2D eigenvalue weighted by Crippen LogP contribution is 2.24. The monoisotopic (exact) mass is 296 g/mol. The number of rotatable bonds is 5. The Balaban J connectivity index is 2.02. The van der Waals surface area contributed by atoms with E-state index in [9.17, 15) is 4.79 Å². The Morgan fingerprint density at radius 1 is 1.45 bits per heavy atom. The number of nitrogens with zero attached hydrogens (tertiary/aromatic N) is 1. The van der Waals surface area contributed by atoms with Crippen molar-refractivity contribution in [1.82, 2.24) is 10.2 Å². The zero-order valence-electron chi connectivity index (χ0n) is 12.0. The molecule has 4 nitrogen and oxygen atoms in total. The molecule has 1 N–H and O–H groups in total. The fourth-order valence-electron chi connectivity index (χ4n) is 2.45. The number of ketones is 1. The summed E-state index contributed by atoms with van der Waals surface area (Å²) in [4.78, 5) is 14.8. The van der Waals surface area contributed by atoms with Crippen LogP contribution < -0.4 is 10.1 Å². The molecule has 1 heterocycles.